The first-order chi connectivity index (χ1) is 14.2. The maximum absolute atomic E-state index is 11.7. The van der Waals surface area contributed by atoms with Gasteiger partial charge < -0.3 is 14.0 Å². The summed E-state index contributed by atoms with van der Waals surface area (Å²) in [6, 6.07) is 10.2. The molecule has 2 aromatic rings. The number of pyridine rings is 1. The SMILES string of the molecule is CC(=O)[C@@H]1C2c3cnc(OCc4cccc(B5OC(C)(C)C(C)(C)O5)c4)cc3C[C@H]21. The molecule has 3 aliphatic rings. The van der Waals surface area contributed by atoms with Gasteiger partial charge in [0.25, 0.3) is 0 Å². The summed E-state index contributed by atoms with van der Waals surface area (Å²) in [6.07, 6.45) is 2.86. The van der Waals surface area contributed by atoms with Gasteiger partial charge >= 0.3 is 7.12 Å². The highest BCUT2D eigenvalue weighted by Crippen LogP contribution is 2.61. The highest BCUT2D eigenvalue weighted by Gasteiger charge is 2.58. The second-order valence-corrected chi connectivity index (χ2v) is 9.87. The van der Waals surface area contributed by atoms with Crippen LogP contribution < -0.4 is 10.2 Å². The average molecular weight is 405 g/mol. The minimum atomic E-state index is -0.381. The smallest absolute Gasteiger partial charge is 0.473 e. The van der Waals surface area contributed by atoms with Crippen molar-refractivity contribution in [3.63, 3.8) is 0 Å². The highest BCUT2D eigenvalue weighted by molar-refractivity contribution is 6.62. The summed E-state index contributed by atoms with van der Waals surface area (Å²) in [5, 5.41) is 0. The second-order valence-electron chi connectivity index (χ2n) is 9.87. The van der Waals surface area contributed by atoms with E-state index in [4.69, 9.17) is 14.0 Å². The zero-order chi connectivity index (χ0) is 21.3. The van der Waals surface area contributed by atoms with E-state index in [9.17, 15) is 4.79 Å². The number of nitrogens with zero attached hydrogens (tertiary/aromatic N) is 1. The van der Waals surface area contributed by atoms with Crippen LogP contribution in [-0.2, 0) is 27.1 Å². The van der Waals surface area contributed by atoms with E-state index in [0.717, 1.165) is 17.4 Å². The number of rotatable bonds is 5. The van der Waals surface area contributed by atoms with Crippen molar-refractivity contribution in [2.24, 2.45) is 11.8 Å². The number of Topliss-reactive ketones (excluding diaryl/α,β-unsaturated/α-hetero) is 1. The molecule has 1 unspecified atom stereocenters. The third kappa shape index (κ3) is 3.17. The van der Waals surface area contributed by atoms with E-state index in [-0.39, 0.29) is 24.2 Å². The zero-order valence-electron chi connectivity index (χ0n) is 18.3. The third-order valence-corrected chi connectivity index (χ3v) is 7.32. The molecule has 2 heterocycles. The Kier molecular flexibility index (Phi) is 4.39. The van der Waals surface area contributed by atoms with Crippen molar-refractivity contribution < 1.29 is 18.8 Å². The first-order valence-electron chi connectivity index (χ1n) is 10.7. The van der Waals surface area contributed by atoms with E-state index in [2.05, 4.69) is 38.7 Å². The van der Waals surface area contributed by atoms with Gasteiger partial charge in [-0.05, 0) is 75.0 Å². The highest BCUT2D eigenvalue weighted by atomic mass is 16.7. The summed E-state index contributed by atoms with van der Waals surface area (Å²) in [4.78, 5) is 16.2. The van der Waals surface area contributed by atoms with Crippen LogP contribution in [0.3, 0.4) is 0 Å². The molecule has 0 bridgehead atoms. The van der Waals surface area contributed by atoms with Crippen molar-refractivity contribution >= 4 is 18.4 Å². The predicted molar refractivity (Wildman–Crippen MR) is 115 cm³/mol. The van der Waals surface area contributed by atoms with Crippen LogP contribution >= 0.6 is 0 Å². The number of ketones is 1. The van der Waals surface area contributed by atoms with Gasteiger partial charge in [-0.15, -0.1) is 0 Å². The van der Waals surface area contributed by atoms with Crippen molar-refractivity contribution in [1.29, 1.82) is 0 Å². The molecular weight excluding hydrogens is 377 g/mol. The largest absolute Gasteiger partial charge is 0.494 e. The van der Waals surface area contributed by atoms with E-state index >= 15 is 0 Å². The maximum atomic E-state index is 11.7. The summed E-state index contributed by atoms with van der Waals surface area (Å²) >= 11 is 0. The van der Waals surface area contributed by atoms with E-state index in [1.807, 2.05) is 30.5 Å². The molecule has 6 heteroatoms. The van der Waals surface area contributed by atoms with Gasteiger partial charge in [-0.3, -0.25) is 4.79 Å². The molecule has 0 N–H and O–H groups in total. The predicted octanol–water partition coefficient (Wildman–Crippen LogP) is 3.43. The van der Waals surface area contributed by atoms with Gasteiger partial charge in [0.05, 0.1) is 11.2 Å². The van der Waals surface area contributed by atoms with Gasteiger partial charge in [-0.2, -0.15) is 0 Å². The summed E-state index contributed by atoms with van der Waals surface area (Å²) in [7, 11) is -0.381. The number of hydrogen-bond donors (Lipinski definition) is 0. The van der Waals surface area contributed by atoms with Crippen LogP contribution in [0.4, 0.5) is 0 Å². The fraction of sp³-hybridized carbons (Fsp3) is 0.500. The molecule has 1 aromatic carbocycles. The zero-order valence-corrected chi connectivity index (χ0v) is 18.3. The number of aromatic nitrogens is 1. The van der Waals surface area contributed by atoms with Crippen molar-refractivity contribution in [1.82, 2.24) is 4.98 Å². The average Bonchev–Trinajstić information content (AvgIpc) is 3.20. The molecule has 156 valence electrons. The molecule has 0 amide bonds. The molecule has 5 nitrogen and oxygen atoms in total. The van der Waals surface area contributed by atoms with Crippen LogP contribution in [0.5, 0.6) is 5.88 Å². The van der Waals surface area contributed by atoms with Gasteiger partial charge in [0.1, 0.15) is 12.4 Å². The van der Waals surface area contributed by atoms with E-state index in [0.29, 0.717) is 30.1 Å². The van der Waals surface area contributed by atoms with Crippen LogP contribution in [0.1, 0.15) is 57.2 Å². The molecule has 5 rings (SSSR count). The van der Waals surface area contributed by atoms with Crippen molar-refractivity contribution in [3.8, 4) is 5.88 Å². The molecular formula is C24H28BNO4. The fourth-order valence-electron chi connectivity index (χ4n) is 4.87. The molecule has 3 atom stereocenters. The Morgan fingerprint density at radius 3 is 2.63 bits per heavy atom. The molecule has 1 aromatic heterocycles. The lowest BCUT2D eigenvalue weighted by Gasteiger charge is -2.32. The molecule has 0 spiro atoms. The van der Waals surface area contributed by atoms with Gasteiger partial charge in [-0.1, -0.05) is 24.3 Å². The monoisotopic (exact) mass is 405 g/mol. The fourth-order valence-corrected chi connectivity index (χ4v) is 4.87. The first kappa shape index (κ1) is 19.8. The Morgan fingerprint density at radius 2 is 1.93 bits per heavy atom. The molecule has 30 heavy (non-hydrogen) atoms. The maximum Gasteiger partial charge on any atom is 0.494 e. The standard InChI is InChI=1S/C24H28BNO4/c1-14(27)21-18-10-16-11-20(26-12-19(16)22(18)21)28-13-15-7-6-8-17(9-15)25-29-23(2,3)24(4,5)30-25/h6-9,11-12,18,21-22H,10,13H2,1-5H3/t18-,21-,22?/m0/s1. The lowest BCUT2D eigenvalue weighted by Crippen LogP contribution is -2.41. The van der Waals surface area contributed by atoms with Crippen molar-refractivity contribution in [2.75, 3.05) is 0 Å². The Morgan fingerprint density at radius 1 is 1.20 bits per heavy atom. The van der Waals surface area contributed by atoms with E-state index in [1.165, 1.54) is 11.1 Å². The molecule has 0 radical (unpaired) electrons. The van der Waals surface area contributed by atoms with Crippen LogP contribution in [0.25, 0.3) is 0 Å². The number of fused-ring (bicyclic) bond motifs is 3. The summed E-state index contributed by atoms with van der Waals surface area (Å²) in [5.41, 5.74) is 3.83. The second kappa shape index (κ2) is 6.66. The molecule has 1 aliphatic heterocycles. The molecule has 1 saturated heterocycles. The van der Waals surface area contributed by atoms with Gasteiger partial charge in [0.15, 0.2) is 0 Å². The number of ether oxygens (including phenoxy) is 1. The Balaban J connectivity index is 1.25. The Labute approximate surface area is 178 Å². The van der Waals surface area contributed by atoms with E-state index in [1.54, 1.807) is 6.92 Å². The first-order valence-corrected chi connectivity index (χ1v) is 10.7. The molecule has 1 saturated carbocycles. The number of carbonyl (C=O) groups excluding carboxylic acids is 1. The molecule has 2 aliphatic carbocycles. The van der Waals surface area contributed by atoms with Gasteiger partial charge in [0, 0.05) is 18.2 Å². The number of carbonyl (C=O) groups is 1. The van der Waals surface area contributed by atoms with E-state index < -0.39 is 0 Å². The van der Waals surface area contributed by atoms with Crippen LogP contribution in [0.15, 0.2) is 36.5 Å². The normalized spacial score (nSPS) is 27.5. The van der Waals surface area contributed by atoms with Gasteiger partial charge in [-0.25, -0.2) is 4.98 Å². The minimum absolute atomic E-state index is 0.212. The molecule has 2 fully saturated rings. The van der Waals surface area contributed by atoms with Crippen LogP contribution in [0.2, 0.25) is 0 Å². The summed E-state index contributed by atoms with van der Waals surface area (Å²) in [5.74, 6) is 2.01. The third-order valence-electron chi connectivity index (χ3n) is 7.32. The summed E-state index contributed by atoms with van der Waals surface area (Å²) in [6.45, 7) is 10.4. The minimum Gasteiger partial charge on any atom is -0.473 e. The lowest BCUT2D eigenvalue weighted by molar-refractivity contribution is -0.118. The topological polar surface area (TPSA) is 57.7 Å². The Hall–Kier alpha value is -2.18. The van der Waals surface area contributed by atoms with Gasteiger partial charge in [0.2, 0.25) is 5.88 Å². The number of hydrogen-bond acceptors (Lipinski definition) is 5. The number of benzene rings is 1. The lowest BCUT2D eigenvalue weighted by atomic mass is 9.78. The van der Waals surface area contributed by atoms with Crippen LogP contribution in [0, 0.1) is 11.8 Å². The van der Waals surface area contributed by atoms with Crippen molar-refractivity contribution in [3.05, 3.63) is 53.2 Å². The van der Waals surface area contributed by atoms with Crippen molar-refractivity contribution in [2.45, 2.75) is 64.8 Å². The van der Waals surface area contributed by atoms with Crippen LogP contribution in [-0.4, -0.2) is 29.1 Å². The Bertz CT molecular complexity index is 1000. The summed E-state index contributed by atoms with van der Waals surface area (Å²) < 4.78 is 18.3. The quantitative estimate of drug-likeness (QED) is 0.714.